The highest BCUT2D eigenvalue weighted by Gasteiger charge is 2.02. The molecule has 7 heteroatoms. The molecule has 0 aromatic rings. The molecule has 0 amide bonds. The van der Waals surface area contributed by atoms with Gasteiger partial charge in [0.25, 0.3) is 10.1 Å². The smallest absolute Gasteiger partial charge is 0.330 e. The van der Waals surface area contributed by atoms with Crippen molar-refractivity contribution in [3.8, 4) is 0 Å². The maximum atomic E-state index is 10.5. The lowest BCUT2D eigenvalue weighted by Crippen LogP contribution is -2.24. The van der Waals surface area contributed by atoms with Crippen LogP contribution in [-0.4, -0.2) is 38.0 Å². The van der Waals surface area contributed by atoms with E-state index >= 15 is 0 Å². The average Bonchev–Trinajstić information content (AvgIpc) is 2.08. The van der Waals surface area contributed by atoms with Crippen molar-refractivity contribution >= 4 is 16.1 Å². The number of carbonyl (C=O) groups is 1. The molecule has 0 aromatic carbocycles. The van der Waals surface area contributed by atoms with Gasteiger partial charge >= 0.3 is 5.97 Å². The SMILES string of the molecule is C=CC(=O)OCCCNCS(=O)(=O)O. The third kappa shape index (κ3) is 9.17. The molecule has 0 heterocycles. The van der Waals surface area contributed by atoms with Gasteiger partial charge in [-0.25, -0.2) is 4.79 Å². The molecule has 82 valence electrons. The molecule has 0 spiro atoms. The number of ether oxygens (including phenoxy) is 1. The third-order valence-corrected chi connectivity index (χ3v) is 1.76. The predicted molar refractivity (Wildman–Crippen MR) is 50.2 cm³/mol. The standard InChI is InChI=1S/C7H13NO5S/c1-2-7(9)13-5-3-4-8-6-14(10,11)12/h2,8H,1,3-6H2,(H,10,11,12). The van der Waals surface area contributed by atoms with E-state index in [0.29, 0.717) is 13.0 Å². The highest BCUT2D eigenvalue weighted by Crippen LogP contribution is 1.84. The van der Waals surface area contributed by atoms with Crippen LogP contribution in [0.3, 0.4) is 0 Å². The van der Waals surface area contributed by atoms with E-state index in [1.165, 1.54) is 0 Å². The molecule has 0 fully saturated rings. The Balaban J connectivity index is 3.31. The summed E-state index contributed by atoms with van der Waals surface area (Å²) in [5.74, 6) is -1.01. The summed E-state index contributed by atoms with van der Waals surface area (Å²) in [6.07, 6.45) is 1.51. The van der Waals surface area contributed by atoms with Gasteiger partial charge in [0.15, 0.2) is 0 Å². The zero-order valence-corrected chi connectivity index (χ0v) is 8.42. The number of esters is 1. The Bertz CT molecular complexity index is 284. The number of carbonyl (C=O) groups excluding carboxylic acids is 1. The fourth-order valence-electron chi connectivity index (χ4n) is 0.630. The van der Waals surface area contributed by atoms with Crippen LogP contribution in [0.15, 0.2) is 12.7 Å². The summed E-state index contributed by atoms with van der Waals surface area (Å²) < 4.78 is 33.4. The van der Waals surface area contributed by atoms with Crippen LogP contribution in [0.25, 0.3) is 0 Å². The monoisotopic (exact) mass is 223 g/mol. The first-order valence-corrected chi connectivity index (χ1v) is 5.51. The molecule has 0 saturated heterocycles. The zero-order valence-electron chi connectivity index (χ0n) is 7.60. The first-order chi connectivity index (χ1) is 6.45. The van der Waals surface area contributed by atoms with Gasteiger partial charge in [-0.05, 0) is 13.0 Å². The molecule has 0 saturated carbocycles. The van der Waals surface area contributed by atoms with Gasteiger partial charge in [-0.3, -0.25) is 4.55 Å². The second kappa shape index (κ2) is 6.52. The molecule has 0 rings (SSSR count). The van der Waals surface area contributed by atoms with Crippen LogP contribution in [0.2, 0.25) is 0 Å². The third-order valence-electron chi connectivity index (χ3n) is 1.19. The van der Waals surface area contributed by atoms with Gasteiger partial charge in [0.05, 0.1) is 6.61 Å². The molecule has 14 heavy (non-hydrogen) atoms. The summed E-state index contributed by atoms with van der Waals surface area (Å²) in [6.45, 7) is 3.73. The maximum Gasteiger partial charge on any atom is 0.330 e. The molecule has 0 aliphatic rings. The number of nitrogens with one attached hydrogen (secondary N) is 1. The van der Waals surface area contributed by atoms with Crippen molar-refractivity contribution in [1.29, 1.82) is 0 Å². The van der Waals surface area contributed by atoms with E-state index in [9.17, 15) is 13.2 Å². The minimum Gasteiger partial charge on any atom is -0.462 e. The molecule has 0 aromatic heterocycles. The summed E-state index contributed by atoms with van der Waals surface area (Å²) in [5.41, 5.74) is 0. The number of rotatable bonds is 7. The van der Waals surface area contributed by atoms with Gasteiger partial charge in [-0.2, -0.15) is 8.42 Å². The summed E-state index contributed by atoms with van der Waals surface area (Å²) >= 11 is 0. The Hall–Kier alpha value is -0.920. The molecule has 0 aliphatic heterocycles. The summed E-state index contributed by atoms with van der Waals surface area (Å²) in [5, 5.41) is 2.46. The largest absolute Gasteiger partial charge is 0.462 e. The molecule has 0 unspecified atom stereocenters. The van der Waals surface area contributed by atoms with Gasteiger partial charge < -0.3 is 10.1 Å². The zero-order chi connectivity index (χ0) is 11.0. The van der Waals surface area contributed by atoms with Crippen LogP contribution in [0.1, 0.15) is 6.42 Å². The molecular weight excluding hydrogens is 210 g/mol. The average molecular weight is 223 g/mol. The molecular formula is C7H13NO5S. The lowest BCUT2D eigenvalue weighted by Gasteiger charge is -2.02. The first kappa shape index (κ1) is 13.1. The van der Waals surface area contributed by atoms with Gasteiger partial charge in [0, 0.05) is 6.08 Å². The van der Waals surface area contributed by atoms with Crippen molar-refractivity contribution in [2.75, 3.05) is 19.0 Å². The number of hydrogen-bond acceptors (Lipinski definition) is 5. The lowest BCUT2D eigenvalue weighted by molar-refractivity contribution is -0.137. The predicted octanol–water partition coefficient (Wildman–Crippen LogP) is -0.459. The van der Waals surface area contributed by atoms with E-state index in [1.807, 2.05) is 0 Å². The summed E-state index contributed by atoms with van der Waals surface area (Å²) in [6, 6.07) is 0. The van der Waals surface area contributed by atoms with Crippen molar-refractivity contribution in [3.05, 3.63) is 12.7 Å². The lowest BCUT2D eigenvalue weighted by atomic mass is 10.4. The van der Waals surface area contributed by atoms with Gasteiger partial charge in [0.2, 0.25) is 0 Å². The quantitative estimate of drug-likeness (QED) is 0.262. The van der Waals surface area contributed by atoms with E-state index in [-0.39, 0.29) is 6.61 Å². The second-order valence-electron chi connectivity index (χ2n) is 2.45. The Kier molecular flexibility index (Phi) is 6.09. The maximum absolute atomic E-state index is 10.5. The van der Waals surface area contributed by atoms with Crippen molar-refractivity contribution in [1.82, 2.24) is 5.32 Å². The fraction of sp³-hybridized carbons (Fsp3) is 0.571. The minimum absolute atomic E-state index is 0.184. The highest BCUT2D eigenvalue weighted by atomic mass is 32.2. The van der Waals surface area contributed by atoms with Crippen molar-refractivity contribution in [2.24, 2.45) is 0 Å². The molecule has 0 aliphatic carbocycles. The van der Waals surface area contributed by atoms with Crippen LogP contribution >= 0.6 is 0 Å². The first-order valence-electron chi connectivity index (χ1n) is 3.91. The van der Waals surface area contributed by atoms with E-state index in [4.69, 9.17) is 4.55 Å². The van der Waals surface area contributed by atoms with Gasteiger partial charge in [-0.15, -0.1) is 0 Å². The summed E-state index contributed by atoms with van der Waals surface area (Å²) in [4.78, 5) is 10.5. The van der Waals surface area contributed by atoms with Crippen LogP contribution in [0.5, 0.6) is 0 Å². The van der Waals surface area contributed by atoms with Crippen LogP contribution in [0.4, 0.5) is 0 Å². The molecule has 0 atom stereocenters. The highest BCUT2D eigenvalue weighted by molar-refractivity contribution is 7.85. The Morgan fingerprint density at radius 2 is 2.21 bits per heavy atom. The second-order valence-corrected chi connectivity index (χ2v) is 3.90. The van der Waals surface area contributed by atoms with Crippen LogP contribution in [-0.2, 0) is 19.6 Å². The van der Waals surface area contributed by atoms with E-state index in [0.717, 1.165) is 6.08 Å². The fourth-order valence-corrected chi connectivity index (χ4v) is 1.03. The van der Waals surface area contributed by atoms with Crippen molar-refractivity contribution in [3.63, 3.8) is 0 Å². The Labute approximate surface area is 82.7 Å². The van der Waals surface area contributed by atoms with Gasteiger partial charge in [0.1, 0.15) is 5.88 Å². The van der Waals surface area contributed by atoms with E-state index < -0.39 is 22.0 Å². The molecule has 6 nitrogen and oxygen atoms in total. The molecule has 0 bridgehead atoms. The normalized spacial score (nSPS) is 10.9. The molecule has 0 radical (unpaired) electrons. The van der Waals surface area contributed by atoms with Crippen molar-refractivity contribution < 1.29 is 22.5 Å². The topological polar surface area (TPSA) is 92.7 Å². The van der Waals surface area contributed by atoms with E-state index in [2.05, 4.69) is 16.6 Å². The van der Waals surface area contributed by atoms with Crippen molar-refractivity contribution in [2.45, 2.75) is 6.42 Å². The Morgan fingerprint density at radius 1 is 1.57 bits per heavy atom. The number of hydrogen-bond donors (Lipinski definition) is 2. The molecule has 2 N–H and O–H groups in total. The van der Waals surface area contributed by atoms with E-state index in [1.54, 1.807) is 0 Å². The van der Waals surface area contributed by atoms with Gasteiger partial charge in [-0.1, -0.05) is 6.58 Å². The minimum atomic E-state index is -3.97. The Morgan fingerprint density at radius 3 is 2.71 bits per heavy atom. The summed E-state index contributed by atoms with van der Waals surface area (Å²) in [7, 11) is -3.97. The van der Waals surface area contributed by atoms with Crippen LogP contribution < -0.4 is 5.32 Å². The van der Waals surface area contributed by atoms with Crippen LogP contribution in [0, 0.1) is 0 Å².